The number of carbonyl (C=O) groups excluding carboxylic acids is 1. The van der Waals surface area contributed by atoms with Crippen molar-refractivity contribution in [3.8, 4) is 5.75 Å². The third-order valence-electron chi connectivity index (χ3n) is 2.78. The zero-order valence-electron chi connectivity index (χ0n) is 11.4. The smallest absolute Gasteiger partial charge is 0.265 e. The van der Waals surface area contributed by atoms with E-state index in [1.807, 2.05) is 55.5 Å². The summed E-state index contributed by atoms with van der Waals surface area (Å²) in [5, 5.41) is 2.84. The third-order valence-corrected chi connectivity index (χ3v) is 3.31. The van der Waals surface area contributed by atoms with Crippen LogP contribution < -0.4 is 10.1 Å². The summed E-state index contributed by atoms with van der Waals surface area (Å²) in [7, 11) is 0. The molecule has 1 atom stereocenters. The fraction of sp³-hybridized carbons (Fsp3) is 0.188. The molecule has 0 heterocycles. The number of benzene rings is 2. The van der Waals surface area contributed by atoms with Gasteiger partial charge in [0.15, 0.2) is 6.10 Å². The van der Waals surface area contributed by atoms with Gasteiger partial charge >= 0.3 is 0 Å². The van der Waals surface area contributed by atoms with Crippen LogP contribution in [0.1, 0.15) is 12.5 Å². The van der Waals surface area contributed by atoms with Gasteiger partial charge in [0, 0.05) is 10.2 Å². The first-order valence-electron chi connectivity index (χ1n) is 6.34. The van der Waals surface area contributed by atoms with E-state index in [4.69, 9.17) is 4.74 Å². The average Bonchev–Trinajstić information content (AvgIpc) is 2.41. The molecule has 0 bridgehead atoms. The largest absolute Gasteiger partial charge is 0.481 e. The van der Waals surface area contributed by atoms with Gasteiger partial charge in [-0.05, 0) is 55.8 Å². The summed E-state index contributed by atoms with van der Waals surface area (Å²) in [4.78, 5) is 12.0. The molecule has 1 N–H and O–H groups in total. The van der Waals surface area contributed by atoms with Crippen molar-refractivity contribution in [1.82, 2.24) is 0 Å². The summed E-state index contributed by atoms with van der Waals surface area (Å²) in [5.41, 5.74) is 1.88. The van der Waals surface area contributed by atoms with Crippen molar-refractivity contribution in [2.75, 3.05) is 5.32 Å². The van der Waals surface area contributed by atoms with E-state index < -0.39 is 6.10 Å². The molecule has 2 aromatic rings. The Labute approximate surface area is 127 Å². The minimum Gasteiger partial charge on any atom is -0.481 e. The molecule has 0 unspecified atom stereocenters. The number of carbonyl (C=O) groups is 1. The Hall–Kier alpha value is -1.81. The third kappa shape index (κ3) is 4.10. The van der Waals surface area contributed by atoms with Crippen LogP contribution in [0.15, 0.2) is 53.0 Å². The first-order chi connectivity index (χ1) is 9.54. The van der Waals surface area contributed by atoms with Crippen LogP contribution in [-0.4, -0.2) is 12.0 Å². The molecule has 0 saturated heterocycles. The Morgan fingerprint density at radius 2 is 1.90 bits per heavy atom. The number of amides is 1. The second-order valence-electron chi connectivity index (χ2n) is 4.57. The van der Waals surface area contributed by atoms with Crippen LogP contribution in [-0.2, 0) is 4.79 Å². The second kappa shape index (κ2) is 6.57. The Kier molecular flexibility index (Phi) is 4.79. The highest BCUT2D eigenvalue weighted by molar-refractivity contribution is 9.10. The Balaban J connectivity index is 1.96. The van der Waals surface area contributed by atoms with Gasteiger partial charge < -0.3 is 10.1 Å². The van der Waals surface area contributed by atoms with Crippen LogP contribution >= 0.6 is 15.9 Å². The van der Waals surface area contributed by atoms with Gasteiger partial charge in [-0.25, -0.2) is 0 Å². The summed E-state index contributed by atoms with van der Waals surface area (Å²) in [6.07, 6.45) is -0.559. The Morgan fingerprint density at radius 1 is 1.20 bits per heavy atom. The lowest BCUT2D eigenvalue weighted by Crippen LogP contribution is -2.30. The number of hydrogen-bond acceptors (Lipinski definition) is 2. The number of rotatable bonds is 4. The van der Waals surface area contributed by atoms with Gasteiger partial charge in [0.05, 0.1) is 0 Å². The summed E-state index contributed by atoms with van der Waals surface area (Å²) >= 11 is 3.36. The molecule has 0 radical (unpaired) electrons. The SMILES string of the molecule is Cc1cccc(NC(=O)[C@@H](C)Oc2ccc(Br)cc2)c1. The molecule has 0 aromatic heterocycles. The van der Waals surface area contributed by atoms with Crippen LogP contribution in [0.3, 0.4) is 0 Å². The van der Waals surface area contributed by atoms with Crippen molar-refractivity contribution in [2.45, 2.75) is 20.0 Å². The monoisotopic (exact) mass is 333 g/mol. The molecule has 2 aromatic carbocycles. The topological polar surface area (TPSA) is 38.3 Å². The number of nitrogens with one attached hydrogen (secondary N) is 1. The van der Waals surface area contributed by atoms with Crippen molar-refractivity contribution in [1.29, 1.82) is 0 Å². The molecule has 0 saturated carbocycles. The quantitative estimate of drug-likeness (QED) is 0.912. The van der Waals surface area contributed by atoms with Gasteiger partial charge in [0.25, 0.3) is 5.91 Å². The highest BCUT2D eigenvalue weighted by Crippen LogP contribution is 2.18. The van der Waals surface area contributed by atoms with Crippen LogP contribution in [0.25, 0.3) is 0 Å². The van der Waals surface area contributed by atoms with Crippen molar-refractivity contribution in [3.05, 3.63) is 58.6 Å². The van der Waals surface area contributed by atoms with Crippen molar-refractivity contribution in [2.24, 2.45) is 0 Å². The summed E-state index contributed by atoms with van der Waals surface area (Å²) in [6, 6.07) is 15.1. The van der Waals surface area contributed by atoms with Crippen LogP contribution in [0.2, 0.25) is 0 Å². The molecule has 4 heteroatoms. The van der Waals surface area contributed by atoms with Crippen LogP contribution in [0.5, 0.6) is 5.75 Å². The van der Waals surface area contributed by atoms with E-state index in [1.165, 1.54) is 0 Å². The van der Waals surface area contributed by atoms with Gasteiger partial charge in [-0.3, -0.25) is 4.79 Å². The summed E-state index contributed by atoms with van der Waals surface area (Å²) in [6.45, 7) is 3.71. The van der Waals surface area contributed by atoms with E-state index in [0.29, 0.717) is 5.75 Å². The van der Waals surface area contributed by atoms with Gasteiger partial charge in [-0.15, -0.1) is 0 Å². The molecular weight excluding hydrogens is 318 g/mol. The number of aryl methyl sites for hydroxylation is 1. The average molecular weight is 334 g/mol. The molecule has 0 fully saturated rings. The fourth-order valence-electron chi connectivity index (χ4n) is 1.74. The molecule has 3 nitrogen and oxygen atoms in total. The number of anilines is 1. The molecule has 20 heavy (non-hydrogen) atoms. The summed E-state index contributed by atoms with van der Waals surface area (Å²) in [5.74, 6) is 0.499. The fourth-order valence-corrected chi connectivity index (χ4v) is 2.00. The zero-order valence-corrected chi connectivity index (χ0v) is 13.0. The molecule has 0 aliphatic carbocycles. The summed E-state index contributed by atoms with van der Waals surface area (Å²) < 4.78 is 6.57. The maximum absolute atomic E-state index is 12.0. The predicted molar refractivity (Wildman–Crippen MR) is 84.0 cm³/mol. The van der Waals surface area contributed by atoms with Gasteiger partial charge in [0.2, 0.25) is 0 Å². The first kappa shape index (κ1) is 14.6. The standard InChI is InChI=1S/C16H16BrNO2/c1-11-4-3-5-14(10-11)18-16(19)12(2)20-15-8-6-13(17)7-9-15/h3-10,12H,1-2H3,(H,18,19)/t12-/m1/s1. The highest BCUT2D eigenvalue weighted by atomic mass is 79.9. The minimum atomic E-state index is -0.559. The number of hydrogen-bond donors (Lipinski definition) is 1. The van der Waals surface area contributed by atoms with Gasteiger partial charge in [-0.2, -0.15) is 0 Å². The normalized spacial score (nSPS) is 11.8. The minimum absolute atomic E-state index is 0.168. The molecule has 0 spiro atoms. The zero-order chi connectivity index (χ0) is 14.5. The highest BCUT2D eigenvalue weighted by Gasteiger charge is 2.14. The maximum atomic E-state index is 12.0. The number of ether oxygens (including phenoxy) is 1. The van der Waals surface area contributed by atoms with Crippen LogP contribution in [0, 0.1) is 6.92 Å². The van der Waals surface area contributed by atoms with E-state index in [1.54, 1.807) is 6.92 Å². The van der Waals surface area contributed by atoms with E-state index in [9.17, 15) is 4.79 Å². The van der Waals surface area contributed by atoms with Crippen molar-refractivity contribution < 1.29 is 9.53 Å². The van der Waals surface area contributed by atoms with E-state index in [-0.39, 0.29) is 5.91 Å². The molecule has 0 aliphatic heterocycles. The van der Waals surface area contributed by atoms with E-state index in [0.717, 1.165) is 15.7 Å². The molecule has 0 aliphatic rings. The Bertz CT molecular complexity index is 596. The Morgan fingerprint density at radius 3 is 2.55 bits per heavy atom. The molecule has 2 rings (SSSR count). The van der Waals surface area contributed by atoms with Crippen molar-refractivity contribution >= 4 is 27.5 Å². The lowest BCUT2D eigenvalue weighted by molar-refractivity contribution is -0.122. The lowest BCUT2D eigenvalue weighted by atomic mass is 10.2. The van der Waals surface area contributed by atoms with Gasteiger partial charge in [-0.1, -0.05) is 28.1 Å². The van der Waals surface area contributed by atoms with Gasteiger partial charge in [0.1, 0.15) is 5.75 Å². The number of halogens is 1. The molecular formula is C16H16BrNO2. The van der Waals surface area contributed by atoms with E-state index in [2.05, 4.69) is 21.2 Å². The molecule has 1 amide bonds. The van der Waals surface area contributed by atoms with Crippen LogP contribution in [0.4, 0.5) is 5.69 Å². The predicted octanol–water partition coefficient (Wildman–Crippen LogP) is 4.16. The molecule has 104 valence electrons. The maximum Gasteiger partial charge on any atom is 0.265 e. The van der Waals surface area contributed by atoms with Crippen molar-refractivity contribution in [3.63, 3.8) is 0 Å². The second-order valence-corrected chi connectivity index (χ2v) is 5.49. The lowest BCUT2D eigenvalue weighted by Gasteiger charge is -2.15. The van der Waals surface area contributed by atoms with E-state index >= 15 is 0 Å². The first-order valence-corrected chi connectivity index (χ1v) is 7.13.